The van der Waals surface area contributed by atoms with Gasteiger partial charge in [0.05, 0.1) is 10.5 Å². The topological polar surface area (TPSA) is 82.6 Å². The summed E-state index contributed by atoms with van der Waals surface area (Å²) in [5.41, 5.74) is -0.437. The fourth-order valence-corrected chi connectivity index (χ4v) is 4.58. The van der Waals surface area contributed by atoms with Gasteiger partial charge in [-0.05, 0) is 49.7 Å². The van der Waals surface area contributed by atoms with Gasteiger partial charge in [-0.15, -0.1) is 0 Å². The van der Waals surface area contributed by atoms with E-state index >= 15 is 0 Å². The Kier molecular flexibility index (Phi) is 7.09. The van der Waals surface area contributed by atoms with Gasteiger partial charge in [-0.25, -0.2) is 18.1 Å². The Morgan fingerprint density at radius 3 is 2.22 bits per heavy atom. The van der Waals surface area contributed by atoms with E-state index in [0.717, 1.165) is 12.3 Å². The fourth-order valence-electron chi connectivity index (χ4n) is 3.25. The standard InChI is InChI=1S/C21H25F3N4O3S/c1-3-15(2)26-32(30,31)18-7-4-16(5-8-18)20(29)28-12-10-27(11-13-28)19-9-6-17(14-25-19)21(22,23)24/h4-9,14-15,26H,3,10-13H2,1-2H3/t15-/m1/s1. The molecule has 0 bridgehead atoms. The molecule has 11 heteroatoms. The number of nitrogens with zero attached hydrogens (tertiary/aromatic N) is 3. The second-order valence-electron chi connectivity index (χ2n) is 7.64. The minimum atomic E-state index is -4.43. The number of pyridine rings is 1. The molecule has 1 aliphatic rings. The Hall–Kier alpha value is -2.66. The van der Waals surface area contributed by atoms with Crippen LogP contribution in [0.1, 0.15) is 36.2 Å². The number of carbonyl (C=O) groups excluding carboxylic acids is 1. The molecular formula is C21H25F3N4O3S. The van der Waals surface area contributed by atoms with E-state index in [1.807, 2.05) is 11.8 Å². The van der Waals surface area contributed by atoms with Crippen molar-refractivity contribution in [1.82, 2.24) is 14.6 Å². The molecule has 1 aliphatic heterocycles. The fraction of sp³-hybridized carbons (Fsp3) is 0.429. The molecule has 2 heterocycles. The normalized spacial score (nSPS) is 16.2. The van der Waals surface area contributed by atoms with Gasteiger partial charge in [0.15, 0.2) is 0 Å². The number of carbonyl (C=O) groups is 1. The number of hydrogen-bond acceptors (Lipinski definition) is 5. The van der Waals surface area contributed by atoms with Gasteiger partial charge in [-0.2, -0.15) is 13.2 Å². The van der Waals surface area contributed by atoms with Crippen LogP contribution in [0.3, 0.4) is 0 Å². The smallest absolute Gasteiger partial charge is 0.353 e. The quantitative estimate of drug-likeness (QED) is 0.702. The van der Waals surface area contributed by atoms with Crippen LogP contribution in [-0.4, -0.2) is 56.4 Å². The number of sulfonamides is 1. The summed E-state index contributed by atoms with van der Waals surface area (Å²) in [6.07, 6.45) is -2.97. The molecule has 1 saturated heterocycles. The summed E-state index contributed by atoms with van der Waals surface area (Å²) < 4.78 is 65.3. The van der Waals surface area contributed by atoms with Gasteiger partial charge >= 0.3 is 6.18 Å². The van der Waals surface area contributed by atoms with E-state index in [2.05, 4.69) is 9.71 Å². The van der Waals surface area contributed by atoms with Crippen LogP contribution < -0.4 is 9.62 Å². The Morgan fingerprint density at radius 2 is 1.72 bits per heavy atom. The molecule has 174 valence electrons. The highest BCUT2D eigenvalue weighted by Crippen LogP contribution is 2.29. The lowest BCUT2D eigenvalue weighted by Crippen LogP contribution is -2.49. The van der Waals surface area contributed by atoms with Crippen molar-refractivity contribution < 1.29 is 26.4 Å². The maximum absolute atomic E-state index is 12.8. The first kappa shape index (κ1) is 24.0. The van der Waals surface area contributed by atoms with Gasteiger partial charge < -0.3 is 9.80 Å². The van der Waals surface area contributed by atoms with E-state index in [4.69, 9.17) is 0 Å². The van der Waals surface area contributed by atoms with Gasteiger partial charge in [0.2, 0.25) is 10.0 Å². The van der Waals surface area contributed by atoms with Crippen molar-refractivity contribution in [2.75, 3.05) is 31.1 Å². The van der Waals surface area contributed by atoms with Crippen LogP contribution in [0.15, 0.2) is 47.5 Å². The van der Waals surface area contributed by atoms with Crippen LogP contribution in [-0.2, 0) is 16.2 Å². The van der Waals surface area contributed by atoms with Gasteiger partial charge in [0, 0.05) is 44.0 Å². The molecule has 0 radical (unpaired) electrons. The minimum Gasteiger partial charge on any atom is -0.353 e. The Morgan fingerprint density at radius 1 is 1.09 bits per heavy atom. The highest BCUT2D eigenvalue weighted by atomic mass is 32.2. The second kappa shape index (κ2) is 9.45. The highest BCUT2D eigenvalue weighted by Gasteiger charge is 2.31. The molecule has 3 rings (SSSR count). The number of rotatable bonds is 6. The van der Waals surface area contributed by atoms with E-state index < -0.39 is 21.8 Å². The number of aromatic nitrogens is 1. The largest absolute Gasteiger partial charge is 0.417 e. The van der Waals surface area contributed by atoms with E-state index in [9.17, 15) is 26.4 Å². The Balaban J connectivity index is 1.60. The average Bonchev–Trinajstić information content (AvgIpc) is 2.78. The summed E-state index contributed by atoms with van der Waals surface area (Å²) in [6.45, 7) is 5.25. The lowest BCUT2D eigenvalue weighted by molar-refractivity contribution is -0.137. The number of alkyl halides is 3. The van der Waals surface area contributed by atoms with Crippen molar-refractivity contribution in [1.29, 1.82) is 0 Å². The highest BCUT2D eigenvalue weighted by molar-refractivity contribution is 7.89. The summed E-state index contributed by atoms with van der Waals surface area (Å²) >= 11 is 0. The average molecular weight is 471 g/mol. The Labute approximate surface area is 185 Å². The predicted octanol–water partition coefficient (Wildman–Crippen LogP) is 3.14. The third-order valence-corrected chi connectivity index (χ3v) is 6.95. The zero-order chi connectivity index (χ0) is 23.5. The molecule has 1 aromatic carbocycles. The maximum Gasteiger partial charge on any atom is 0.417 e. The molecule has 1 N–H and O–H groups in total. The van der Waals surface area contributed by atoms with Crippen LogP contribution in [0.4, 0.5) is 19.0 Å². The van der Waals surface area contributed by atoms with Crippen molar-refractivity contribution >= 4 is 21.7 Å². The second-order valence-corrected chi connectivity index (χ2v) is 9.35. The molecule has 0 saturated carbocycles. The van der Waals surface area contributed by atoms with Crippen LogP contribution in [0, 0.1) is 0 Å². The van der Waals surface area contributed by atoms with Crippen molar-refractivity contribution in [2.45, 2.75) is 37.4 Å². The van der Waals surface area contributed by atoms with E-state index in [-0.39, 0.29) is 16.8 Å². The molecule has 32 heavy (non-hydrogen) atoms. The molecule has 7 nitrogen and oxygen atoms in total. The van der Waals surface area contributed by atoms with Crippen molar-refractivity contribution in [2.24, 2.45) is 0 Å². The number of benzene rings is 1. The van der Waals surface area contributed by atoms with Crippen LogP contribution in [0.5, 0.6) is 0 Å². The van der Waals surface area contributed by atoms with Crippen LogP contribution >= 0.6 is 0 Å². The minimum absolute atomic E-state index is 0.0903. The zero-order valence-corrected chi connectivity index (χ0v) is 18.6. The first-order chi connectivity index (χ1) is 15.0. The van der Waals surface area contributed by atoms with Gasteiger partial charge in [0.1, 0.15) is 5.82 Å². The SMILES string of the molecule is CC[C@@H](C)NS(=O)(=O)c1ccc(C(=O)N2CCN(c3ccc(C(F)(F)F)cn3)CC2)cc1. The monoisotopic (exact) mass is 470 g/mol. The molecular weight excluding hydrogens is 445 g/mol. The predicted molar refractivity (Wildman–Crippen MR) is 114 cm³/mol. The van der Waals surface area contributed by atoms with Gasteiger partial charge in [0.25, 0.3) is 5.91 Å². The molecule has 0 unspecified atom stereocenters. The number of anilines is 1. The van der Waals surface area contributed by atoms with Crippen LogP contribution in [0.2, 0.25) is 0 Å². The number of piperazine rings is 1. The molecule has 1 fully saturated rings. The number of hydrogen-bond donors (Lipinski definition) is 1. The summed E-state index contributed by atoms with van der Waals surface area (Å²) in [5.74, 6) is 0.192. The lowest BCUT2D eigenvalue weighted by Gasteiger charge is -2.35. The third kappa shape index (κ3) is 5.57. The maximum atomic E-state index is 12.8. The van der Waals surface area contributed by atoms with E-state index in [0.29, 0.717) is 44.0 Å². The van der Waals surface area contributed by atoms with E-state index in [1.165, 1.54) is 30.3 Å². The molecule has 0 aliphatic carbocycles. The molecule has 1 amide bonds. The zero-order valence-electron chi connectivity index (χ0n) is 17.8. The van der Waals surface area contributed by atoms with E-state index in [1.54, 1.807) is 11.8 Å². The third-order valence-electron chi connectivity index (χ3n) is 5.35. The van der Waals surface area contributed by atoms with Gasteiger partial charge in [-0.3, -0.25) is 4.79 Å². The van der Waals surface area contributed by atoms with Crippen LogP contribution in [0.25, 0.3) is 0 Å². The first-order valence-electron chi connectivity index (χ1n) is 10.2. The van der Waals surface area contributed by atoms with Crippen molar-refractivity contribution in [3.05, 3.63) is 53.7 Å². The number of nitrogens with one attached hydrogen (secondary N) is 1. The summed E-state index contributed by atoms with van der Waals surface area (Å²) in [7, 11) is -3.65. The molecule has 2 aromatic rings. The molecule has 0 spiro atoms. The van der Waals surface area contributed by atoms with Crippen molar-refractivity contribution in [3.63, 3.8) is 0 Å². The Bertz CT molecular complexity index is 1030. The summed E-state index contributed by atoms with van der Waals surface area (Å²) in [4.78, 5) is 20.2. The molecule has 1 aromatic heterocycles. The van der Waals surface area contributed by atoms with Gasteiger partial charge in [-0.1, -0.05) is 6.92 Å². The lowest BCUT2D eigenvalue weighted by atomic mass is 10.2. The first-order valence-corrected chi connectivity index (χ1v) is 11.7. The number of amides is 1. The summed E-state index contributed by atoms with van der Waals surface area (Å²) in [5, 5.41) is 0. The molecule has 1 atom stereocenters. The van der Waals surface area contributed by atoms with Crippen molar-refractivity contribution in [3.8, 4) is 0 Å². The number of halogens is 3. The summed E-state index contributed by atoms with van der Waals surface area (Å²) in [6, 6.07) is 7.89.